The van der Waals surface area contributed by atoms with Crippen LogP contribution >= 0.6 is 0 Å². The average molecular weight is 608 g/mol. The van der Waals surface area contributed by atoms with Crippen LogP contribution in [0.3, 0.4) is 0 Å². The second-order valence-electron chi connectivity index (χ2n) is 11.1. The molecule has 6 N–H and O–H groups in total. The predicted octanol–water partition coefficient (Wildman–Crippen LogP) is 3.39. The van der Waals surface area contributed by atoms with Crippen LogP contribution in [0.5, 0.6) is 5.75 Å². The Balaban J connectivity index is 1.40. The number of aliphatic hydroxyl groups excluding tert-OH is 2. The second kappa shape index (κ2) is 16.3. The molecule has 0 spiro atoms. The Kier molecular flexibility index (Phi) is 12.2. The van der Waals surface area contributed by atoms with Gasteiger partial charge in [-0.25, -0.2) is 5.48 Å². The average Bonchev–Trinajstić information content (AvgIpc) is 3.03. The van der Waals surface area contributed by atoms with Crippen LogP contribution in [0.15, 0.2) is 72.8 Å². The van der Waals surface area contributed by atoms with Crippen molar-refractivity contribution in [1.82, 2.24) is 15.7 Å². The number of benzene rings is 3. The number of nitrogens with one attached hydrogen (secondary N) is 2. The molecule has 0 unspecified atom stereocenters. The lowest BCUT2D eigenvalue weighted by Crippen LogP contribution is -2.39. The number of carbonyl (C=O) groups is 2. The smallest absolute Gasteiger partial charge is 0.243 e. The molecule has 0 radical (unpaired) electrons. The monoisotopic (exact) mass is 607 g/mol. The van der Waals surface area contributed by atoms with Crippen LogP contribution in [-0.2, 0) is 32.2 Å². The van der Waals surface area contributed by atoms with Crippen LogP contribution in [-0.4, -0.2) is 63.5 Å². The topological polar surface area (TPSA) is 161 Å². The van der Waals surface area contributed by atoms with E-state index in [9.17, 15) is 24.9 Å². The van der Waals surface area contributed by atoms with Crippen LogP contribution in [0.4, 0.5) is 0 Å². The summed E-state index contributed by atoms with van der Waals surface area (Å²) in [4.78, 5) is 25.2. The first-order valence-electron chi connectivity index (χ1n) is 14.7. The zero-order valence-corrected chi connectivity index (χ0v) is 24.8. The summed E-state index contributed by atoms with van der Waals surface area (Å²) in [6.07, 6.45) is -0.737. The minimum atomic E-state index is -0.780. The first-order chi connectivity index (χ1) is 21.2. The van der Waals surface area contributed by atoms with Gasteiger partial charge in [-0.3, -0.25) is 14.8 Å². The van der Waals surface area contributed by atoms with Crippen LogP contribution < -0.4 is 10.8 Å². The fourth-order valence-electron chi connectivity index (χ4n) is 5.13. The van der Waals surface area contributed by atoms with Crippen LogP contribution in [0.2, 0.25) is 0 Å². The largest absolute Gasteiger partial charge is 0.508 e. The lowest BCUT2D eigenvalue weighted by atomic mass is 9.99. The molecule has 0 saturated carbocycles. The summed E-state index contributed by atoms with van der Waals surface area (Å²) in [6.45, 7) is 1.16. The summed E-state index contributed by atoms with van der Waals surface area (Å²) in [7, 11) is 1.91. The van der Waals surface area contributed by atoms with E-state index in [2.05, 4.69) is 5.32 Å². The van der Waals surface area contributed by atoms with Crippen molar-refractivity contribution in [3.63, 3.8) is 0 Å². The van der Waals surface area contributed by atoms with E-state index in [1.165, 1.54) is 0 Å². The van der Waals surface area contributed by atoms with Crippen molar-refractivity contribution in [2.75, 3.05) is 20.1 Å². The number of hydrogen-bond acceptors (Lipinski definition) is 9. The molecule has 4 atom stereocenters. The minimum Gasteiger partial charge on any atom is -0.508 e. The number of phenolic OH excluding ortho intramolecular Hbond substituents is 1. The lowest BCUT2D eigenvalue weighted by molar-refractivity contribution is -0.252. The predicted molar refractivity (Wildman–Crippen MR) is 161 cm³/mol. The maximum atomic E-state index is 12.1. The van der Waals surface area contributed by atoms with Crippen molar-refractivity contribution in [1.29, 1.82) is 0 Å². The van der Waals surface area contributed by atoms with Crippen molar-refractivity contribution in [3.05, 3.63) is 101 Å². The summed E-state index contributed by atoms with van der Waals surface area (Å²) in [5, 5.41) is 41.4. The van der Waals surface area contributed by atoms with Gasteiger partial charge in [-0.15, -0.1) is 0 Å². The normalized spacial score (nSPS) is 19.0. The number of rotatable bonds is 14. The molecule has 1 saturated heterocycles. The maximum Gasteiger partial charge on any atom is 0.243 e. The summed E-state index contributed by atoms with van der Waals surface area (Å²) < 4.78 is 12.8. The Morgan fingerprint density at radius 1 is 0.955 bits per heavy atom. The third-order valence-corrected chi connectivity index (χ3v) is 7.54. The Morgan fingerprint density at radius 2 is 1.64 bits per heavy atom. The second-order valence-corrected chi connectivity index (χ2v) is 11.1. The number of aromatic hydroxyl groups is 1. The van der Waals surface area contributed by atoms with E-state index >= 15 is 0 Å². The van der Waals surface area contributed by atoms with Crippen LogP contribution in [0, 0.1) is 0 Å². The highest BCUT2D eigenvalue weighted by molar-refractivity contribution is 5.78. The Hall–Kier alpha value is -3.84. The van der Waals surface area contributed by atoms with Crippen molar-refractivity contribution >= 4 is 11.8 Å². The SMILES string of the molecule is CN(C[C@H]1C[C@@H](c2ccc(CO)cc2)O[C@@H](c2ccc(CNC(=O)CCCC(=O)NO)cc2)O1)C[C@@H](O)c1cccc(O)c1. The molecule has 0 aromatic heterocycles. The Labute approximate surface area is 257 Å². The molecule has 1 aliphatic heterocycles. The number of hydroxylamine groups is 1. The maximum absolute atomic E-state index is 12.1. The van der Waals surface area contributed by atoms with E-state index in [0.717, 1.165) is 22.3 Å². The van der Waals surface area contributed by atoms with E-state index in [-0.39, 0.29) is 43.3 Å². The zero-order valence-electron chi connectivity index (χ0n) is 24.8. The van der Waals surface area contributed by atoms with Gasteiger partial charge in [-0.2, -0.15) is 0 Å². The van der Waals surface area contributed by atoms with Gasteiger partial charge in [0, 0.05) is 44.5 Å². The van der Waals surface area contributed by atoms with Gasteiger partial charge in [-0.05, 0) is 47.9 Å². The van der Waals surface area contributed by atoms with Crippen LogP contribution in [0.1, 0.15) is 72.0 Å². The van der Waals surface area contributed by atoms with E-state index < -0.39 is 18.3 Å². The molecule has 1 fully saturated rings. The van der Waals surface area contributed by atoms with Crippen molar-refractivity contribution in [3.8, 4) is 5.75 Å². The molecule has 11 heteroatoms. The van der Waals surface area contributed by atoms with Crippen LogP contribution in [0.25, 0.3) is 0 Å². The van der Waals surface area contributed by atoms with Gasteiger partial charge in [0.2, 0.25) is 11.8 Å². The van der Waals surface area contributed by atoms with E-state index in [4.69, 9.17) is 14.7 Å². The molecule has 0 aliphatic carbocycles. The van der Waals surface area contributed by atoms with E-state index in [1.807, 2.05) is 60.5 Å². The molecule has 236 valence electrons. The first-order valence-corrected chi connectivity index (χ1v) is 14.7. The van der Waals surface area contributed by atoms with Crippen molar-refractivity contribution in [2.24, 2.45) is 0 Å². The zero-order chi connectivity index (χ0) is 31.5. The molecule has 4 rings (SSSR count). The summed E-state index contributed by atoms with van der Waals surface area (Å²) in [5.41, 5.74) is 5.68. The summed E-state index contributed by atoms with van der Waals surface area (Å²) >= 11 is 0. The minimum absolute atomic E-state index is 0.0415. The molecule has 0 bridgehead atoms. The Morgan fingerprint density at radius 3 is 2.32 bits per heavy atom. The molecule has 2 amide bonds. The van der Waals surface area contributed by atoms with Gasteiger partial charge in [0.1, 0.15) is 5.75 Å². The molecule has 1 aliphatic rings. The molecule has 1 heterocycles. The number of hydrogen-bond donors (Lipinski definition) is 6. The molecular weight excluding hydrogens is 566 g/mol. The third-order valence-electron chi connectivity index (χ3n) is 7.54. The standard InChI is InChI=1S/C33H41N3O8/c1-36(20-29(39)26-4-2-5-27(38)16-26)19-28-17-30(24-12-10-23(21-37)11-13-24)44-33(43-28)25-14-8-22(9-15-25)18-34-31(40)6-3-7-32(41)35-42/h2,4-5,8-16,28-30,33,37-39,42H,3,6-7,17-21H2,1H3,(H,34,40)(H,35,41)/t28-,29-,30+,33+/m1/s1. The lowest BCUT2D eigenvalue weighted by Gasteiger charge is -2.38. The highest BCUT2D eigenvalue weighted by Crippen LogP contribution is 2.38. The molecular formula is C33H41N3O8. The fraction of sp³-hybridized carbons (Fsp3) is 0.394. The quantitative estimate of drug-likeness (QED) is 0.119. The number of carbonyl (C=O) groups excluding carboxylic acids is 2. The van der Waals surface area contributed by atoms with Gasteiger partial charge in [-0.1, -0.05) is 60.7 Å². The fourth-order valence-corrected chi connectivity index (χ4v) is 5.13. The number of aliphatic hydroxyl groups is 2. The summed E-state index contributed by atoms with van der Waals surface area (Å²) in [6, 6.07) is 21.9. The highest BCUT2D eigenvalue weighted by Gasteiger charge is 2.33. The van der Waals surface area contributed by atoms with E-state index in [1.54, 1.807) is 29.7 Å². The number of nitrogens with zero attached hydrogens (tertiary/aromatic N) is 1. The first kappa shape index (κ1) is 33.1. The highest BCUT2D eigenvalue weighted by atomic mass is 16.7. The van der Waals surface area contributed by atoms with Crippen molar-refractivity contribution in [2.45, 2.75) is 63.4 Å². The molecule has 3 aromatic rings. The van der Waals surface area contributed by atoms with E-state index in [0.29, 0.717) is 38.0 Å². The van der Waals surface area contributed by atoms with Gasteiger partial charge >= 0.3 is 0 Å². The molecule has 44 heavy (non-hydrogen) atoms. The van der Waals surface area contributed by atoms with Gasteiger partial charge < -0.3 is 35.0 Å². The molecule has 3 aromatic carbocycles. The summed E-state index contributed by atoms with van der Waals surface area (Å²) in [5.74, 6) is -0.604. The van der Waals surface area contributed by atoms with Gasteiger partial charge in [0.15, 0.2) is 6.29 Å². The number of ether oxygens (including phenoxy) is 2. The molecule has 11 nitrogen and oxygen atoms in total. The number of amides is 2. The van der Waals surface area contributed by atoms with Crippen molar-refractivity contribution < 1.29 is 39.6 Å². The van der Waals surface area contributed by atoms with Gasteiger partial charge in [0.25, 0.3) is 0 Å². The Bertz CT molecular complexity index is 1350. The third kappa shape index (κ3) is 9.84. The number of likely N-dealkylation sites (N-methyl/N-ethyl adjacent to an activating group) is 1. The number of phenols is 1. The van der Waals surface area contributed by atoms with Gasteiger partial charge in [0.05, 0.1) is 24.9 Å².